The Morgan fingerprint density at radius 1 is 1.38 bits per heavy atom. The summed E-state index contributed by atoms with van der Waals surface area (Å²) < 4.78 is 6.63. The molecule has 0 unspecified atom stereocenters. The first-order valence-corrected chi connectivity index (χ1v) is 6.25. The van der Waals surface area contributed by atoms with E-state index in [2.05, 4.69) is 31.2 Å². The van der Waals surface area contributed by atoms with Crippen LogP contribution in [0, 0.1) is 0 Å². The Labute approximate surface area is 102 Å². The fraction of sp³-hybridized carbons (Fsp3) is 0.455. The van der Waals surface area contributed by atoms with Crippen LogP contribution in [-0.2, 0) is 0 Å². The largest absolute Gasteiger partial charge is 0.422 e. The van der Waals surface area contributed by atoms with E-state index < -0.39 is 0 Å². The van der Waals surface area contributed by atoms with Gasteiger partial charge < -0.3 is 9.73 Å². The number of piperidine rings is 1. The molecule has 4 nitrogen and oxygen atoms in total. The van der Waals surface area contributed by atoms with E-state index in [0.717, 1.165) is 41.8 Å². The van der Waals surface area contributed by atoms with Gasteiger partial charge in [0, 0.05) is 16.6 Å². The molecule has 0 saturated carbocycles. The van der Waals surface area contributed by atoms with Gasteiger partial charge in [0.2, 0.25) is 11.6 Å². The first kappa shape index (κ1) is 10.2. The Morgan fingerprint density at radius 2 is 2.19 bits per heavy atom. The lowest BCUT2D eigenvalue weighted by Gasteiger charge is -2.19. The van der Waals surface area contributed by atoms with Gasteiger partial charge in [0.05, 0.1) is 0 Å². The number of nitrogens with one attached hydrogen (secondary N) is 1. The number of nitrogens with zero attached hydrogens (tertiary/aromatic N) is 2. The van der Waals surface area contributed by atoms with Crippen molar-refractivity contribution in [2.75, 3.05) is 13.1 Å². The summed E-state index contributed by atoms with van der Waals surface area (Å²) in [4.78, 5) is 8.71. The third-order valence-electron chi connectivity index (χ3n) is 2.92. The minimum Gasteiger partial charge on any atom is -0.422 e. The third-order valence-corrected chi connectivity index (χ3v) is 3.35. The molecule has 1 saturated heterocycles. The number of pyridine rings is 1. The molecule has 0 spiro atoms. The maximum Gasteiger partial charge on any atom is 0.247 e. The zero-order chi connectivity index (χ0) is 11.0. The van der Waals surface area contributed by atoms with Crippen LogP contribution < -0.4 is 5.32 Å². The average Bonchev–Trinajstić information content (AvgIpc) is 2.73. The molecule has 3 heterocycles. The van der Waals surface area contributed by atoms with Crippen LogP contribution in [0.15, 0.2) is 21.2 Å². The van der Waals surface area contributed by atoms with Crippen molar-refractivity contribution >= 4 is 27.2 Å². The van der Waals surface area contributed by atoms with Gasteiger partial charge in [0.1, 0.15) is 5.52 Å². The summed E-state index contributed by atoms with van der Waals surface area (Å²) in [5.74, 6) is 1.27. The Bertz CT molecular complexity index is 505. The lowest BCUT2D eigenvalue weighted by Crippen LogP contribution is -2.26. The molecule has 3 rings (SSSR count). The van der Waals surface area contributed by atoms with E-state index in [1.165, 1.54) is 0 Å². The van der Waals surface area contributed by atoms with Crippen molar-refractivity contribution < 1.29 is 4.42 Å². The zero-order valence-corrected chi connectivity index (χ0v) is 10.3. The molecule has 1 fully saturated rings. The van der Waals surface area contributed by atoms with Crippen molar-refractivity contribution in [1.29, 1.82) is 0 Å². The number of rotatable bonds is 1. The van der Waals surface area contributed by atoms with Gasteiger partial charge in [-0.2, -0.15) is 0 Å². The molecule has 0 aliphatic carbocycles. The highest BCUT2D eigenvalue weighted by molar-refractivity contribution is 9.10. The molecule has 0 radical (unpaired) electrons. The fourth-order valence-electron chi connectivity index (χ4n) is 2.06. The number of fused-ring (bicyclic) bond motifs is 1. The van der Waals surface area contributed by atoms with Crippen LogP contribution in [0.5, 0.6) is 0 Å². The van der Waals surface area contributed by atoms with Crippen molar-refractivity contribution in [3.8, 4) is 0 Å². The van der Waals surface area contributed by atoms with Crippen LogP contribution in [0.3, 0.4) is 0 Å². The summed E-state index contributed by atoms with van der Waals surface area (Å²) in [6.07, 6.45) is 3.92. The number of aromatic nitrogens is 2. The van der Waals surface area contributed by atoms with Gasteiger partial charge >= 0.3 is 0 Å². The average molecular weight is 282 g/mol. The number of oxazole rings is 1. The van der Waals surface area contributed by atoms with Gasteiger partial charge in [-0.15, -0.1) is 0 Å². The van der Waals surface area contributed by atoms with Gasteiger partial charge in [-0.05, 0) is 47.9 Å². The lowest BCUT2D eigenvalue weighted by molar-refractivity contribution is 0.383. The molecule has 16 heavy (non-hydrogen) atoms. The van der Waals surface area contributed by atoms with Crippen LogP contribution >= 0.6 is 15.9 Å². The molecular formula is C11H12BrN3O. The van der Waals surface area contributed by atoms with Crippen molar-refractivity contribution in [3.63, 3.8) is 0 Å². The predicted octanol–water partition coefficient (Wildman–Crippen LogP) is 2.45. The van der Waals surface area contributed by atoms with Crippen molar-refractivity contribution in [2.24, 2.45) is 0 Å². The molecule has 2 aromatic heterocycles. The monoisotopic (exact) mass is 281 g/mol. The molecule has 0 aromatic carbocycles. The first-order chi connectivity index (χ1) is 7.83. The number of hydrogen-bond donors (Lipinski definition) is 1. The zero-order valence-electron chi connectivity index (χ0n) is 8.74. The fourth-order valence-corrected chi connectivity index (χ4v) is 2.38. The highest BCUT2D eigenvalue weighted by Crippen LogP contribution is 2.27. The van der Waals surface area contributed by atoms with Gasteiger partial charge in [-0.3, -0.25) is 0 Å². The first-order valence-electron chi connectivity index (χ1n) is 5.45. The SMILES string of the molecule is Brc1cnc2oc(C3CCNCC3)nc2c1. The minimum absolute atomic E-state index is 0.439. The quantitative estimate of drug-likeness (QED) is 0.873. The Kier molecular flexibility index (Phi) is 2.65. The second kappa shape index (κ2) is 4.14. The van der Waals surface area contributed by atoms with Crippen LogP contribution in [-0.4, -0.2) is 23.1 Å². The standard InChI is InChI=1S/C11H12BrN3O/c12-8-5-9-11(14-6-8)16-10(15-9)7-1-3-13-4-2-7/h5-7,13H,1-4H2. The highest BCUT2D eigenvalue weighted by Gasteiger charge is 2.20. The topological polar surface area (TPSA) is 51.0 Å². The minimum atomic E-state index is 0.439. The van der Waals surface area contributed by atoms with Gasteiger partial charge in [-0.1, -0.05) is 0 Å². The van der Waals surface area contributed by atoms with Gasteiger partial charge in [0.25, 0.3) is 0 Å². The molecule has 84 valence electrons. The molecule has 1 aliphatic heterocycles. The molecule has 2 aromatic rings. The van der Waals surface area contributed by atoms with E-state index in [0.29, 0.717) is 11.6 Å². The maximum atomic E-state index is 5.69. The molecule has 0 atom stereocenters. The molecule has 5 heteroatoms. The summed E-state index contributed by atoms with van der Waals surface area (Å²) in [6, 6.07) is 1.94. The van der Waals surface area contributed by atoms with Gasteiger partial charge in [0.15, 0.2) is 0 Å². The smallest absolute Gasteiger partial charge is 0.247 e. The molecular weight excluding hydrogens is 270 g/mol. The Balaban J connectivity index is 1.97. The second-order valence-corrected chi connectivity index (χ2v) is 4.97. The summed E-state index contributed by atoms with van der Waals surface area (Å²) >= 11 is 3.38. The molecule has 0 bridgehead atoms. The van der Waals surface area contributed by atoms with Gasteiger partial charge in [-0.25, -0.2) is 9.97 Å². The van der Waals surface area contributed by atoms with Crippen molar-refractivity contribution in [2.45, 2.75) is 18.8 Å². The van der Waals surface area contributed by atoms with E-state index in [1.54, 1.807) is 6.20 Å². The summed E-state index contributed by atoms with van der Waals surface area (Å²) in [5.41, 5.74) is 1.47. The molecule has 1 aliphatic rings. The second-order valence-electron chi connectivity index (χ2n) is 4.05. The molecule has 0 amide bonds. The molecule has 1 N–H and O–H groups in total. The van der Waals surface area contributed by atoms with E-state index >= 15 is 0 Å². The van der Waals surface area contributed by atoms with E-state index in [4.69, 9.17) is 4.42 Å². The normalized spacial score (nSPS) is 18.1. The summed E-state index contributed by atoms with van der Waals surface area (Å²) in [7, 11) is 0. The Morgan fingerprint density at radius 3 is 3.00 bits per heavy atom. The van der Waals surface area contributed by atoms with Crippen LogP contribution in [0.25, 0.3) is 11.2 Å². The highest BCUT2D eigenvalue weighted by atomic mass is 79.9. The van der Waals surface area contributed by atoms with E-state index in [1.807, 2.05) is 6.07 Å². The lowest BCUT2D eigenvalue weighted by atomic mass is 9.98. The van der Waals surface area contributed by atoms with E-state index in [9.17, 15) is 0 Å². The summed E-state index contributed by atoms with van der Waals surface area (Å²) in [5, 5.41) is 3.33. The van der Waals surface area contributed by atoms with E-state index in [-0.39, 0.29) is 0 Å². The van der Waals surface area contributed by atoms with Crippen LogP contribution in [0.4, 0.5) is 0 Å². The number of hydrogen-bond acceptors (Lipinski definition) is 4. The number of halogens is 1. The summed E-state index contributed by atoms with van der Waals surface area (Å²) in [6.45, 7) is 2.08. The maximum absolute atomic E-state index is 5.69. The Hall–Kier alpha value is -0.940. The van der Waals surface area contributed by atoms with Crippen molar-refractivity contribution in [3.05, 3.63) is 22.6 Å². The third kappa shape index (κ3) is 1.85. The van der Waals surface area contributed by atoms with Crippen LogP contribution in [0.2, 0.25) is 0 Å². The van der Waals surface area contributed by atoms with Crippen molar-refractivity contribution in [1.82, 2.24) is 15.3 Å². The van der Waals surface area contributed by atoms with Crippen LogP contribution in [0.1, 0.15) is 24.7 Å². The predicted molar refractivity (Wildman–Crippen MR) is 64.3 cm³/mol.